The number of nitrogens with zero attached hydrogens (tertiary/aromatic N) is 3. The lowest BCUT2D eigenvalue weighted by atomic mass is 10.1. The summed E-state index contributed by atoms with van der Waals surface area (Å²) in [7, 11) is -0.628. The van der Waals surface area contributed by atoms with E-state index >= 15 is 0 Å². The van der Waals surface area contributed by atoms with Crippen LogP contribution in [-0.4, -0.2) is 49.2 Å². The summed E-state index contributed by atoms with van der Waals surface area (Å²) >= 11 is 1.61. The van der Waals surface area contributed by atoms with Crippen molar-refractivity contribution in [2.75, 3.05) is 20.6 Å². The summed E-state index contributed by atoms with van der Waals surface area (Å²) in [6.45, 7) is 0.643. The van der Waals surface area contributed by atoms with Gasteiger partial charge in [0.15, 0.2) is 0 Å². The average molecular weight is 416 g/mol. The van der Waals surface area contributed by atoms with Crippen molar-refractivity contribution in [3.8, 4) is 0 Å². The summed E-state index contributed by atoms with van der Waals surface area (Å²) in [5.41, 5.74) is 1.33. The molecule has 146 valence electrons. The van der Waals surface area contributed by atoms with Gasteiger partial charge < -0.3 is 4.90 Å². The van der Waals surface area contributed by atoms with E-state index in [-0.39, 0.29) is 16.8 Å². The molecule has 0 N–H and O–H groups in total. The van der Waals surface area contributed by atoms with Gasteiger partial charge in [-0.25, -0.2) is 17.7 Å². The minimum Gasteiger partial charge on any atom is -0.329 e. The van der Waals surface area contributed by atoms with Crippen LogP contribution in [0.5, 0.6) is 0 Å². The fourth-order valence-electron chi connectivity index (χ4n) is 3.47. The minimum atomic E-state index is -3.59. The molecule has 0 saturated carbocycles. The van der Waals surface area contributed by atoms with Gasteiger partial charge in [-0.15, -0.1) is 11.3 Å². The SMILES string of the molecule is CN(C)S(=O)(=O)c1cccc(C(=O)N2CCC[C@H]2c2nc3ccccc3s2)c1. The van der Waals surface area contributed by atoms with E-state index in [2.05, 4.69) is 0 Å². The number of thiazole rings is 1. The molecule has 6 nitrogen and oxygen atoms in total. The fourth-order valence-corrected chi connectivity index (χ4v) is 5.53. The zero-order valence-electron chi connectivity index (χ0n) is 15.7. The third-order valence-corrected chi connectivity index (χ3v) is 7.92. The van der Waals surface area contributed by atoms with Gasteiger partial charge in [0.1, 0.15) is 5.01 Å². The molecular weight excluding hydrogens is 394 g/mol. The number of benzene rings is 2. The maximum atomic E-state index is 13.2. The van der Waals surface area contributed by atoms with Crippen LogP contribution < -0.4 is 0 Å². The van der Waals surface area contributed by atoms with Crippen LogP contribution in [0.15, 0.2) is 53.4 Å². The van der Waals surface area contributed by atoms with Crippen molar-refractivity contribution in [2.24, 2.45) is 0 Å². The summed E-state index contributed by atoms with van der Waals surface area (Å²) < 4.78 is 27.1. The lowest BCUT2D eigenvalue weighted by Gasteiger charge is -2.23. The predicted molar refractivity (Wildman–Crippen MR) is 110 cm³/mol. The Labute approximate surface area is 168 Å². The molecule has 1 aliphatic rings. The van der Waals surface area contributed by atoms with E-state index in [0.717, 1.165) is 32.4 Å². The number of rotatable bonds is 4. The Morgan fingerprint density at radius 2 is 1.96 bits per heavy atom. The van der Waals surface area contributed by atoms with Gasteiger partial charge in [-0.05, 0) is 43.2 Å². The second-order valence-electron chi connectivity index (χ2n) is 6.99. The highest BCUT2D eigenvalue weighted by atomic mass is 32.2. The van der Waals surface area contributed by atoms with Gasteiger partial charge >= 0.3 is 0 Å². The molecule has 0 bridgehead atoms. The van der Waals surface area contributed by atoms with Gasteiger partial charge in [0.25, 0.3) is 5.91 Å². The molecule has 0 radical (unpaired) electrons. The molecule has 4 rings (SSSR count). The van der Waals surface area contributed by atoms with Crippen LogP contribution in [0.2, 0.25) is 0 Å². The Bertz CT molecular complexity index is 1110. The molecule has 1 aromatic heterocycles. The standard InChI is InChI=1S/C20H21N3O3S2/c1-22(2)28(25,26)15-8-5-7-14(13-15)20(24)23-12-6-10-17(23)19-21-16-9-3-4-11-18(16)27-19/h3-5,7-9,11,13,17H,6,10,12H2,1-2H3/t17-/m0/s1. The molecule has 1 fully saturated rings. The van der Waals surface area contributed by atoms with E-state index in [1.54, 1.807) is 23.5 Å². The Kier molecular flexibility index (Phi) is 4.95. The number of amides is 1. The van der Waals surface area contributed by atoms with Gasteiger partial charge in [0, 0.05) is 26.2 Å². The number of carbonyl (C=O) groups excluding carboxylic acids is 1. The molecule has 0 aliphatic carbocycles. The zero-order valence-corrected chi connectivity index (χ0v) is 17.3. The molecule has 0 spiro atoms. The van der Waals surface area contributed by atoms with E-state index < -0.39 is 10.0 Å². The molecule has 3 aromatic rings. The molecule has 8 heteroatoms. The average Bonchev–Trinajstić information content (AvgIpc) is 3.33. The topological polar surface area (TPSA) is 70.6 Å². The highest BCUT2D eigenvalue weighted by molar-refractivity contribution is 7.89. The predicted octanol–water partition coefficient (Wildman–Crippen LogP) is 3.52. The van der Waals surface area contributed by atoms with Gasteiger partial charge in [-0.2, -0.15) is 0 Å². The number of hydrogen-bond acceptors (Lipinski definition) is 5. The summed E-state index contributed by atoms with van der Waals surface area (Å²) in [5.74, 6) is -0.155. The maximum absolute atomic E-state index is 13.2. The van der Waals surface area contributed by atoms with E-state index in [1.807, 2.05) is 29.2 Å². The van der Waals surface area contributed by atoms with Gasteiger partial charge in [-0.1, -0.05) is 18.2 Å². The second kappa shape index (κ2) is 7.27. The molecule has 2 heterocycles. The summed E-state index contributed by atoms with van der Waals surface area (Å²) in [4.78, 5) is 19.9. The van der Waals surface area contributed by atoms with E-state index in [1.165, 1.54) is 26.2 Å². The number of para-hydroxylation sites is 1. The molecular formula is C20H21N3O3S2. The number of fused-ring (bicyclic) bond motifs is 1. The molecule has 2 aromatic carbocycles. The number of sulfonamides is 1. The van der Waals surface area contributed by atoms with Crippen LogP contribution in [-0.2, 0) is 10.0 Å². The smallest absolute Gasteiger partial charge is 0.254 e. The third-order valence-electron chi connectivity index (χ3n) is 4.97. The highest BCUT2D eigenvalue weighted by Gasteiger charge is 2.33. The van der Waals surface area contributed by atoms with Crippen LogP contribution in [0.25, 0.3) is 10.2 Å². The molecule has 0 unspecified atom stereocenters. The Morgan fingerprint density at radius 1 is 1.18 bits per heavy atom. The van der Waals surface area contributed by atoms with Crippen molar-refractivity contribution >= 4 is 37.5 Å². The lowest BCUT2D eigenvalue weighted by molar-refractivity contribution is 0.0735. The second-order valence-corrected chi connectivity index (χ2v) is 10.2. The summed E-state index contributed by atoms with van der Waals surface area (Å²) in [6, 6.07) is 14.2. The van der Waals surface area contributed by atoms with E-state index in [4.69, 9.17) is 4.98 Å². The molecule has 1 atom stereocenters. The van der Waals surface area contributed by atoms with Gasteiger partial charge in [0.2, 0.25) is 10.0 Å². The van der Waals surface area contributed by atoms with Crippen molar-refractivity contribution in [3.05, 3.63) is 59.1 Å². The van der Waals surface area contributed by atoms with Gasteiger partial charge in [-0.3, -0.25) is 4.79 Å². The van der Waals surface area contributed by atoms with Crippen molar-refractivity contribution < 1.29 is 13.2 Å². The first-order valence-corrected chi connectivity index (χ1v) is 11.3. The van der Waals surface area contributed by atoms with Crippen LogP contribution in [0.4, 0.5) is 0 Å². The maximum Gasteiger partial charge on any atom is 0.254 e. The number of aromatic nitrogens is 1. The first-order valence-electron chi connectivity index (χ1n) is 9.07. The largest absolute Gasteiger partial charge is 0.329 e. The van der Waals surface area contributed by atoms with Crippen LogP contribution in [0, 0.1) is 0 Å². The number of likely N-dealkylation sites (tertiary alicyclic amines) is 1. The summed E-state index contributed by atoms with van der Waals surface area (Å²) in [6.07, 6.45) is 1.77. The quantitative estimate of drug-likeness (QED) is 0.654. The Balaban J connectivity index is 1.66. The zero-order chi connectivity index (χ0) is 19.9. The van der Waals surface area contributed by atoms with Crippen LogP contribution in [0.3, 0.4) is 0 Å². The lowest BCUT2D eigenvalue weighted by Crippen LogP contribution is -2.31. The first kappa shape index (κ1) is 19.0. The Hall–Kier alpha value is -2.29. The fraction of sp³-hybridized carbons (Fsp3) is 0.300. The number of hydrogen-bond donors (Lipinski definition) is 0. The molecule has 1 aliphatic heterocycles. The van der Waals surface area contributed by atoms with E-state index in [0.29, 0.717) is 12.1 Å². The highest BCUT2D eigenvalue weighted by Crippen LogP contribution is 2.37. The minimum absolute atomic E-state index is 0.0704. The first-order chi connectivity index (χ1) is 13.4. The monoisotopic (exact) mass is 415 g/mol. The van der Waals surface area contributed by atoms with Crippen molar-refractivity contribution in [1.82, 2.24) is 14.2 Å². The van der Waals surface area contributed by atoms with Crippen molar-refractivity contribution in [3.63, 3.8) is 0 Å². The Morgan fingerprint density at radius 3 is 2.71 bits per heavy atom. The normalized spacial score (nSPS) is 17.5. The molecule has 1 saturated heterocycles. The number of carbonyl (C=O) groups is 1. The molecule has 1 amide bonds. The third kappa shape index (κ3) is 3.32. The molecule has 28 heavy (non-hydrogen) atoms. The van der Waals surface area contributed by atoms with Gasteiger partial charge in [0.05, 0.1) is 21.2 Å². The van der Waals surface area contributed by atoms with Crippen LogP contribution in [0.1, 0.15) is 34.2 Å². The summed E-state index contributed by atoms with van der Waals surface area (Å²) in [5, 5.41) is 0.934. The van der Waals surface area contributed by atoms with Crippen molar-refractivity contribution in [2.45, 2.75) is 23.8 Å². The van der Waals surface area contributed by atoms with Crippen molar-refractivity contribution in [1.29, 1.82) is 0 Å². The van der Waals surface area contributed by atoms with Crippen LogP contribution >= 0.6 is 11.3 Å². The van der Waals surface area contributed by atoms with E-state index in [9.17, 15) is 13.2 Å².